The minimum Gasteiger partial charge on any atom is -0.326 e. The molecule has 1 aromatic heterocycles. The fraction of sp³-hybridized carbons (Fsp3) is 0.190. The van der Waals surface area contributed by atoms with Crippen molar-refractivity contribution in [2.45, 2.75) is 25.9 Å². The number of rotatable bonds is 6. The summed E-state index contributed by atoms with van der Waals surface area (Å²) in [5.74, 6) is -0.242. The molecule has 8 heteroatoms. The van der Waals surface area contributed by atoms with Crippen LogP contribution in [-0.2, 0) is 9.59 Å². The third kappa shape index (κ3) is 5.19. The van der Waals surface area contributed by atoms with Gasteiger partial charge in [0.15, 0.2) is 5.16 Å². The summed E-state index contributed by atoms with van der Waals surface area (Å²) >= 11 is 7.50. The molecule has 29 heavy (non-hydrogen) atoms. The van der Waals surface area contributed by atoms with Crippen molar-refractivity contribution in [3.8, 4) is 5.69 Å². The molecule has 0 aliphatic heterocycles. The lowest BCUT2D eigenvalue weighted by molar-refractivity contribution is -0.114. The quantitative estimate of drug-likeness (QED) is 0.551. The lowest BCUT2D eigenvalue weighted by atomic mass is 10.1. The van der Waals surface area contributed by atoms with Gasteiger partial charge in [0.25, 0.3) is 0 Å². The van der Waals surface area contributed by atoms with Crippen LogP contribution in [0.5, 0.6) is 0 Å². The SMILES string of the molecule is CC(=O)Nc1ccc(Cl)c(NC(=O)CSc2nccn2-c2cccc(C)c2C)c1. The molecule has 0 atom stereocenters. The van der Waals surface area contributed by atoms with Crippen LogP contribution in [0.2, 0.25) is 5.02 Å². The van der Waals surface area contributed by atoms with Gasteiger partial charge in [0.1, 0.15) is 0 Å². The lowest BCUT2D eigenvalue weighted by Gasteiger charge is -2.13. The summed E-state index contributed by atoms with van der Waals surface area (Å²) in [6.07, 6.45) is 3.60. The summed E-state index contributed by atoms with van der Waals surface area (Å²) in [6, 6.07) is 11.0. The van der Waals surface area contributed by atoms with Crippen molar-refractivity contribution in [2.75, 3.05) is 16.4 Å². The molecule has 2 amide bonds. The second-order valence-electron chi connectivity index (χ2n) is 6.51. The number of anilines is 2. The number of imidazole rings is 1. The standard InChI is InChI=1S/C21H21ClN4O2S/c1-13-5-4-6-19(14(13)2)26-10-9-23-21(26)29-12-20(28)25-18-11-16(24-15(3)27)7-8-17(18)22/h4-11H,12H2,1-3H3,(H,24,27)(H,25,28). The number of carbonyl (C=O) groups excluding carboxylic acids is 2. The van der Waals surface area contributed by atoms with E-state index in [9.17, 15) is 9.59 Å². The Balaban J connectivity index is 1.69. The normalized spacial score (nSPS) is 10.6. The molecule has 0 spiro atoms. The van der Waals surface area contributed by atoms with Crippen LogP contribution in [-0.4, -0.2) is 27.1 Å². The van der Waals surface area contributed by atoms with Gasteiger partial charge in [0.05, 0.1) is 22.2 Å². The highest BCUT2D eigenvalue weighted by Crippen LogP contribution is 2.27. The van der Waals surface area contributed by atoms with Crippen molar-refractivity contribution < 1.29 is 9.59 Å². The molecule has 3 rings (SSSR count). The molecular weight excluding hydrogens is 408 g/mol. The van der Waals surface area contributed by atoms with Crippen molar-refractivity contribution in [2.24, 2.45) is 0 Å². The maximum atomic E-state index is 12.4. The van der Waals surface area contributed by atoms with Crippen molar-refractivity contribution in [1.29, 1.82) is 0 Å². The van der Waals surface area contributed by atoms with E-state index < -0.39 is 0 Å². The Morgan fingerprint density at radius 2 is 1.97 bits per heavy atom. The second kappa shape index (κ2) is 9.15. The van der Waals surface area contributed by atoms with Gasteiger partial charge in [-0.2, -0.15) is 0 Å². The van der Waals surface area contributed by atoms with Crippen LogP contribution in [0.1, 0.15) is 18.1 Å². The van der Waals surface area contributed by atoms with Gasteiger partial charge < -0.3 is 10.6 Å². The average molecular weight is 429 g/mol. The van der Waals surface area contributed by atoms with Gasteiger partial charge in [-0.1, -0.05) is 35.5 Å². The summed E-state index contributed by atoms with van der Waals surface area (Å²) in [4.78, 5) is 28.0. The van der Waals surface area contributed by atoms with Gasteiger partial charge >= 0.3 is 0 Å². The van der Waals surface area contributed by atoms with E-state index in [1.54, 1.807) is 24.4 Å². The number of amides is 2. The predicted octanol–water partition coefficient (Wildman–Crippen LogP) is 4.83. The summed E-state index contributed by atoms with van der Waals surface area (Å²) < 4.78 is 1.98. The van der Waals surface area contributed by atoms with Gasteiger partial charge in [-0.05, 0) is 49.2 Å². The van der Waals surface area contributed by atoms with E-state index in [0.29, 0.717) is 16.4 Å². The van der Waals surface area contributed by atoms with Gasteiger partial charge in [-0.3, -0.25) is 14.2 Å². The molecule has 0 bridgehead atoms. The largest absolute Gasteiger partial charge is 0.326 e. The number of nitrogens with one attached hydrogen (secondary N) is 2. The number of halogens is 1. The molecule has 3 aromatic rings. The van der Waals surface area contributed by atoms with E-state index in [1.807, 2.05) is 22.9 Å². The zero-order valence-corrected chi connectivity index (χ0v) is 17.9. The second-order valence-corrected chi connectivity index (χ2v) is 7.86. The van der Waals surface area contributed by atoms with Gasteiger partial charge in [-0.25, -0.2) is 4.98 Å². The topological polar surface area (TPSA) is 76.0 Å². The molecule has 0 aliphatic carbocycles. The van der Waals surface area contributed by atoms with E-state index in [0.717, 1.165) is 10.8 Å². The Morgan fingerprint density at radius 3 is 2.72 bits per heavy atom. The number of benzene rings is 2. The van der Waals surface area contributed by atoms with Crippen molar-refractivity contribution in [3.63, 3.8) is 0 Å². The molecule has 1 heterocycles. The first-order chi connectivity index (χ1) is 13.8. The zero-order valence-electron chi connectivity index (χ0n) is 16.3. The van der Waals surface area contributed by atoms with E-state index in [2.05, 4.69) is 35.5 Å². The number of aromatic nitrogens is 2. The molecule has 0 aliphatic rings. The Morgan fingerprint density at radius 1 is 1.17 bits per heavy atom. The molecule has 0 saturated heterocycles. The van der Waals surface area contributed by atoms with E-state index >= 15 is 0 Å². The molecular formula is C21H21ClN4O2S. The highest BCUT2D eigenvalue weighted by molar-refractivity contribution is 7.99. The summed E-state index contributed by atoms with van der Waals surface area (Å²) in [5, 5.41) is 6.58. The van der Waals surface area contributed by atoms with Crippen LogP contribution in [0.25, 0.3) is 5.69 Å². The van der Waals surface area contributed by atoms with Crippen molar-refractivity contribution >= 4 is 46.6 Å². The van der Waals surface area contributed by atoms with Crippen LogP contribution < -0.4 is 10.6 Å². The Labute approximate surface area is 178 Å². The summed E-state index contributed by atoms with van der Waals surface area (Å²) in [5.41, 5.74) is 4.41. The van der Waals surface area contributed by atoms with Crippen molar-refractivity contribution in [1.82, 2.24) is 9.55 Å². The molecule has 0 fully saturated rings. The molecule has 2 N–H and O–H groups in total. The zero-order chi connectivity index (χ0) is 21.0. The first-order valence-corrected chi connectivity index (χ1v) is 10.3. The molecule has 0 unspecified atom stereocenters. The highest BCUT2D eigenvalue weighted by atomic mass is 35.5. The molecule has 0 radical (unpaired) electrons. The number of hydrogen-bond donors (Lipinski definition) is 2. The van der Waals surface area contributed by atoms with Crippen molar-refractivity contribution in [3.05, 3.63) is 64.9 Å². The van der Waals surface area contributed by atoms with Crippen LogP contribution in [0.3, 0.4) is 0 Å². The molecule has 150 valence electrons. The minimum atomic E-state index is -0.215. The first-order valence-electron chi connectivity index (χ1n) is 8.95. The Hall–Kier alpha value is -2.77. The Bertz CT molecular complexity index is 1060. The average Bonchev–Trinajstić information content (AvgIpc) is 3.13. The van der Waals surface area contributed by atoms with E-state index in [1.165, 1.54) is 29.8 Å². The maximum Gasteiger partial charge on any atom is 0.234 e. The maximum absolute atomic E-state index is 12.4. The molecule has 6 nitrogen and oxygen atoms in total. The number of aryl methyl sites for hydroxylation is 1. The monoisotopic (exact) mass is 428 g/mol. The predicted molar refractivity (Wildman–Crippen MR) is 118 cm³/mol. The van der Waals surface area contributed by atoms with Crippen LogP contribution in [0.15, 0.2) is 53.9 Å². The van der Waals surface area contributed by atoms with Crippen LogP contribution in [0.4, 0.5) is 11.4 Å². The molecule has 0 saturated carbocycles. The number of hydrogen-bond acceptors (Lipinski definition) is 4. The smallest absolute Gasteiger partial charge is 0.234 e. The fourth-order valence-corrected chi connectivity index (χ4v) is 3.73. The fourth-order valence-electron chi connectivity index (χ4n) is 2.79. The van der Waals surface area contributed by atoms with Gasteiger partial charge in [0.2, 0.25) is 11.8 Å². The van der Waals surface area contributed by atoms with E-state index in [4.69, 9.17) is 11.6 Å². The third-order valence-electron chi connectivity index (χ3n) is 4.34. The van der Waals surface area contributed by atoms with Crippen LogP contribution >= 0.6 is 23.4 Å². The summed E-state index contributed by atoms with van der Waals surface area (Å²) in [7, 11) is 0. The minimum absolute atomic E-state index is 0.169. The third-order valence-corrected chi connectivity index (χ3v) is 5.63. The number of nitrogens with zero attached hydrogens (tertiary/aromatic N) is 2. The first kappa shape index (κ1) is 21.0. The van der Waals surface area contributed by atoms with Crippen LogP contribution in [0, 0.1) is 13.8 Å². The lowest BCUT2D eigenvalue weighted by Crippen LogP contribution is -2.15. The Kier molecular flexibility index (Phi) is 6.61. The highest BCUT2D eigenvalue weighted by Gasteiger charge is 2.13. The van der Waals surface area contributed by atoms with Gasteiger partial charge in [0, 0.05) is 25.0 Å². The number of thioether (sulfide) groups is 1. The van der Waals surface area contributed by atoms with Gasteiger partial charge in [-0.15, -0.1) is 0 Å². The molecule has 2 aromatic carbocycles. The summed E-state index contributed by atoms with van der Waals surface area (Å²) in [6.45, 7) is 5.55. The number of carbonyl (C=O) groups is 2. The van der Waals surface area contributed by atoms with E-state index in [-0.39, 0.29) is 17.6 Å².